The van der Waals surface area contributed by atoms with Gasteiger partial charge in [-0.3, -0.25) is 0 Å². The van der Waals surface area contributed by atoms with Crippen LogP contribution in [0.15, 0.2) is 35.4 Å². The summed E-state index contributed by atoms with van der Waals surface area (Å²) < 4.78 is 24.3. The van der Waals surface area contributed by atoms with Gasteiger partial charge in [0.05, 0.1) is 5.25 Å². The van der Waals surface area contributed by atoms with E-state index in [1.54, 1.807) is 26.0 Å². The Hall–Kier alpha value is -2.15. The summed E-state index contributed by atoms with van der Waals surface area (Å²) in [5, 5.41) is 7.66. The Morgan fingerprint density at radius 1 is 0.923 bits per heavy atom. The van der Waals surface area contributed by atoms with Crippen molar-refractivity contribution in [2.75, 3.05) is 36.0 Å². The van der Waals surface area contributed by atoms with Crippen LogP contribution >= 0.6 is 0 Å². The molecule has 1 fully saturated rings. The van der Waals surface area contributed by atoms with Gasteiger partial charge in [0.15, 0.2) is 20.7 Å². The van der Waals surface area contributed by atoms with Crippen LogP contribution in [-0.4, -0.2) is 50.0 Å². The second-order valence-corrected chi connectivity index (χ2v) is 9.54. The Bertz CT molecular complexity index is 871. The molecule has 26 heavy (non-hydrogen) atoms. The quantitative estimate of drug-likeness (QED) is 0.820. The van der Waals surface area contributed by atoms with Crippen LogP contribution in [-0.2, 0) is 9.84 Å². The van der Waals surface area contributed by atoms with Crippen molar-refractivity contribution < 1.29 is 8.42 Å². The van der Waals surface area contributed by atoms with E-state index in [9.17, 15) is 8.42 Å². The van der Waals surface area contributed by atoms with Crippen molar-refractivity contribution in [1.29, 1.82) is 0 Å². The average molecular weight is 375 g/mol. The molecule has 1 aromatic carbocycles. The van der Waals surface area contributed by atoms with Gasteiger partial charge in [0.1, 0.15) is 0 Å². The van der Waals surface area contributed by atoms with E-state index >= 15 is 0 Å². The molecule has 140 valence electrons. The van der Waals surface area contributed by atoms with Gasteiger partial charge >= 0.3 is 0 Å². The zero-order valence-electron chi connectivity index (χ0n) is 15.8. The molecule has 0 bridgehead atoms. The lowest BCUT2D eigenvalue weighted by atomic mass is 10.1. The molecule has 2 aromatic rings. The summed E-state index contributed by atoms with van der Waals surface area (Å²) in [7, 11) is -3.38. The minimum absolute atomic E-state index is 0.0465. The first-order valence-corrected chi connectivity index (χ1v) is 10.5. The largest absolute Gasteiger partial charge is 0.368 e. The first-order chi connectivity index (χ1) is 12.3. The van der Waals surface area contributed by atoms with E-state index in [4.69, 9.17) is 0 Å². The summed E-state index contributed by atoms with van der Waals surface area (Å²) in [6.07, 6.45) is 0. The maximum Gasteiger partial charge on any atom is 0.199 e. The lowest BCUT2D eigenvalue weighted by Gasteiger charge is -2.37. The van der Waals surface area contributed by atoms with Crippen LogP contribution in [0, 0.1) is 13.8 Å². The van der Waals surface area contributed by atoms with Gasteiger partial charge in [0, 0.05) is 31.9 Å². The number of benzene rings is 1. The normalized spacial score (nSPS) is 15.6. The molecule has 2 heterocycles. The SMILES string of the molecule is Cc1ccc(N2CCN(c3ccc(S(=O)(=O)C(C)C)nn3)CC2)c(C)c1. The molecule has 0 aliphatic carbocycles. The summed E-state index contributed by atoms with van der Waals surface area (Å²) in [4.78, 5) is 4.54. The third-order valence-electron chi connectivity index (χ3n) is 4.83. The molecule has 0 N–H and O–H groups in total. The summed E-state index contributed by atoms with van der Waals surface area (Å²) >= 11 is 0. The number of aryl methyl sites for hydroxylation is 2. The van der Waals surface area contributed by atoms with E-state index in [0.717, 1.165) is 32.0 Å². The van der Waals surface area contributed by atoms with Gasteiger partial charge in [-0.25, -0.2) is 8.42 Å². The summed E-state index contributed by atoms with van der Waals surface area (Å²) in [5.74, 6) is 0.730. The zero-order chi connectivity index (χ0) is 18.9. The topological polar surface area (TPSA) is 66.4 Å². The molecule has 0 amide bonds. The minimum Gasteiger partial charge on any atom is -0.368 e. The summed E-state index contributed by atoms with van der Waals surface area (Å²) in [6.45, 7) is 11.0. The molecule has 0 saturated carbocycles. The molecular weight excluding hydrogens is 348 g/mol. The fourth-order valence-corrected chi connectivity index (χ4v) is 4.11. The van der Waals surface area contributed by atoms with Crippen molar-refractivity contribution in [1.82, 2.24) is 10.2 Å². The molecule has 0 spiro atoms. The van der Waals surface area contributed by atoms with Gasteiger partial charge < -0.3 is 9.80 Å². The second-order valence-electron chi connectivity index (χ2n) is 7.09. The predicted molar refractivity (Wildman–Crippen MR) is 105 cm³/mol. The van der Waals surface area contributed by atoms with Crippen molar-refractivity contribution in [3.63, 3.8) is 0 Å². The van der Waals surface area contributed by atoms with Crippen LogP contribution in [0.1, 0.15) is 25.0 Å². The third kappa shape index (κ3) is 3.67. The van der Waals surface area contributed by atoms with Gasteiger partial charge in [-0.15, -0.1) is 10.2 Å². The standard InChI is InChI=1S/C19H26N4O2S/c1-14(2)26(24,25)19-8-7-18(20-21-19)23-11-9-22(10-12-23)17-6-5-15(3)13-16(17)4/h5-8,13-14H,9-12H2,1-4H3. The molecule has 1 saturated heterocycles. The van der Waals surface area contributed by atoms with Crippen molar-refractivity contribution in [3.05, 3.63) is 41.5 Å². The van der Waals surface area contributed by atoms with Gasteiger partial charge in [0.25, 0.3) is 0 Å². The molecular formula is C19H26N4O2S. The van der Waals surface area contributed by atoms with Crippen LogP contribution in [0.25, 0.3) is 0 Å². The summed E-state index contributed by atoms with van der Waals surface area (Å²) in [6, 6.07) is 9.87. The lowest BCUT2D eigenvalue weighted by Crippen LogP contribution is -2.47. The highest BCUT2D eigenvalue weighted by molar-refractivity contribution is 7.91. The number of piperazine rings is 1. The number of sulfone groups is 1. The minimum atomic E-state index is -3.38. The Labute approximate surface area is 155 Å². The van der Waals surface area contributed by atoms with E-state index in [-0.39, 0.29) is 5.03 Å². The van der Waals surface area contributed by atoms with Crippen LogP contribution in [0.2, 0.25) is 0 Å². The Kier molecular flexibility index (Phi) is 5.18. The first kappa shape index (κ1) is 18.6. The van der Waals surface area contributed by atoms with Crippen molar-refractivity contribution in [3.8, 4) is 0 Å². The van der Waals surface area contributed by atoms with Crippen molar-refractivity contribution in [2.45, 2.75) is 38.0 Å². The first-order valence-electron chi connectivity index (χ1n) is 8.94. The van der Waals surface area contributed by atoms with E-state index < -0.39 is 15.1 Å². The Balaban J connectivity index is 1.68. The number of hydrogen-bond donors (Lipinski definition) is 0. The molecule has 1 aromatic heterocycles. The molecule has 0 radical (unpaired) electrons. The van der Waals surface area contributed by atoms with E-state index in [1.165, 1.54) is 16.8 Å². The summed E-state index contributed by atoms with van der Waals surface area (Å²) in [5.41, 5.74) is 3.85. The molecule has 0 atom stereocenters. The number of nitrogens with zero attached hydrogens (tertiary/aromatic N) is 4. The maximum atomic E-state index is 12.2. The number of aromatic nitrogens is 2. The van der Waals surface area contributed by atoms with E-state index in [2.05, 4.69) is 52.0 Å². The Morgan fingerprint density at radius 3 is 2.12 bits per heavy atom. The van der Waals surface area contributed by atoms with Gasteiger partial charge in [-0.05, 0) is 51.5 Å². The maximum absolute atomic E-state index is 12.2. The fraction of sp³-hybridized carbons (Fsp3) is 0.474. The number of anilines is 2. The monoisotopic (exact) mass is 374 g/mol. The van der Waals surface area contributed by atoms with Crippen molar-refractivity contribution in [2.24, 2.45) is 0 Å². The van der Waals surface area contributed by atoms with Gasteiger partial charge in [-0.1, -0.05) is 17.7 Å². The van der Waals surface area contributed by atoms with E-state index in [1.807, 2.05) is 0 Å². The van der Waals surface area contributed by atoms with Gasteiger partial charge in [0.2, 0.25) is 0 Å². The van der Waals surface area contributed by atoms with Crippen LogP contribution in [0.3, 0.4) is 0 Å². The van der Waals surface area contributed by atoms with E-state index in [0.29, 0.717) is 0 Å². The predicted octanol–water partition coefficient (Wildman–Crippen LogP) is 2.60. The van der Waals surface area contributed by atoms with Gasteiger partial charge in [-0.2, -0.15) is 0 Å². The second kappa shape index (κ2) is 7.23. The highest BCUT2D eigenvalue weighted by Crippen LogP contribution is 2.24. The molecule has 1 aliphatic heterocycles. The van der Waals surface area contributed by atoms with Crippen molar-refractivity contribution >= 4 is 21.3 Å². The van der Waals surface area contributed by atoms with Crippen LogP contribution in [0.4, 0.5) is 11.5 Å². The Morgan fingerprint density at radius 2 is 1.58 bits per heavy atom. The van der Waals surface area contributed by atoms with Crippen LogP contribution < -0.4 is 9.80 Å². The molecule has 6 nitrogen and oxygen atoms in total. The number of hydrogen-bond acceptors (Lipinski definition) is 6. The molecule has 1 aliphatic rings. The number of rotatable bonds is 4. The zero-order valence-corrected chi connectivity index (χ0v) is 16.6. The average Bonchev–Trinajstić information content (AvgIpc) is 2.62. The molecule has 7 heteroatoms. The fourth-order valence-electron chi connectivity index (χ4n) is 3.21. The smallest absolute Gasteiger partial charge is 0.199 e. The third-order valence-corrected chi connectivity index (χ3v) is 6.88. The lowest BCUT2D eigenvalue weighted by molar-refractivity contribution is 0.580. The highest BCUT2D eigenvalue weighted by Gasteiger charge is 2.23. The molecule has 3 rings (SSSR count). The highest BCUT2D eigenvalue weighted by atomic mass is 32.2. The molecule has 0 unspecified atom stereocenters. The van der Waals surface area contributed by atoms with Crippen LogP contribution in [0.5, 0.6) is 0 Å².